The smallest absolute Gasteiger partial charge is 0.543 e. The molecule has 0 bridgehead atoms. The van der Waals surface area contributed by atoms with Gasteiger partial charge < -0.3 is 25.1 Å². The number of aliphatic hydroxyl groups excluding tert-OH is 1. The van der Waals surface area contributed by atoms with Gasteiger partial charge in [0.2, 0.25) is 11.8 Å². The van der Waals surface area contributed by atoms with Crippen molar-refractivity contribution in [3.8, 4) is 0 Å². The van der Waals surface area contributed by atoms with E-state index in [4.69, 9.17) is 4.74 Å². The zero-order chi connectivity index (χ0) is 20.0. The normalized spacial score (nSPS) is 22.1. The van der Waals surface area contributed by atoms with Crippen LogP contribution in [0, 0.1) is 11.3 Å². The van der Waals surface area contributed by atoms with E-state index in [-0.39, 0.29) is 63.7 Å². The summed E-state index contributed by atoms with van der Waals surface area (Å²) in [5, 5.41) is 23.8. The Morgan fingerprint density at radius 2 is 1.96 bits per heavy atom. The molecule has 0 aromatic heterocycles. The molecule has 0 aliphatic carbocycles. The molecule has 11 heteroatoms. The summed E-state index contributed by atoms with van der Waals surface area (Å²) in [6.45, 7) is 5.83. The summed E-state index contributed by atoms with van der Waals surface area (Å²) < 4.78 is 5.66. The molecule has 27 heavy (non-hydrogen) atoms. The number of hydrogen-bond donors (Lipinski definition) is 2. The number of nitrogens with one attached hydrogen (secondary N) is 1. The summed E-state index contributed by atoms with van der Waals surface area (Å²) in [7, 11) is 1.31. The van der Waals surface area contributed by atoms with E-state index in [1.54, 1.807) is 13.8 Å². The molecule has 2 heterocycles. The van der Waals surface area contributed by atoms with Crippen LogP contribution in [0.15, 0.2) is 11.5 Å². The van der Waals surface area contributed by atoms with Gasteiger partial charge in [0.25, 0.3) is 0 Å². The number of rotatable bonds is 5. The van der Waals surface area contributed by atoms with Crippen LogP contribution in [0.25, 0.3) is 0 Å². The third kappa shape index (κ3) is 4.38. The number of imide groups is 1. The van der Waals surface area contributed by atoms with E-state index in [0.29, 0.717) is 0 Å². The van der Waals surface area contributed by atoms with E-state index in [9.17, 15) is 29.4 Å². The van der Waals surface area contributed by atoms with Crippen LogP contribution in [0.2, 0.25) is 0 Å². The van der Waals surface area contributed by atoms with Crippen molar-refractivity contribution in [1.29, 1.82) is 0 Å². The van der Waals surface area contributed by atoms with Gasteiger partial charge in [0.15, 0.2) is 6.23 Å². The van der Waals surface area contributed by atoms with E-state index in [1.807, 2.05) is 0 Å². The summed E-state index contributed by atoms with van der Waals surface area (Å²) in [5.74, 6) is -3.49. The van der Waals surface area contributed by atoms with Gasteiger partial charge in [-0.2, -0.15) is 0 Å². The third-order valence-electron chi connectivity index (χ3n) is 4.57. The van der Waals surface area contributed by atoms with Crippen LogP contribution in [0.3, 0.4) is 0 Å². The molecule has 2 aliphatic rings. The maximum absolute atomic E-state index is 12.1. The maximum atomic E-state index is 12.1. The molecule has 1 fully saturated rings. The van der Waals surface area contributed by atoms with Crippen LogP contribution in [0.5, 0.6) is 0 Å². The molecule has 1 saturated heterocycles. The van der Waals surface area contributed by atoms with Gasteiger partial charge in [0.05, 0.1) is 12.1 Å². The Labute approximate surface area is 199 Å². The quantitative estimate of drug-likeness (QED) is 0.345. The zero-order valence-electron chi connectivity index (χ0n) is 16.2. The molecule has 2 N–H and O–H groups in total. The van der Waals surface area contributed by atoms with Crippen LogP contribution < -0.4 is 61.8 Å². The van der Waals surface area contributed by atoms with Crippen LogP contribution in [0.4, 0.5) is 4.79 Å². The van der Waals surface area contributed by atoms with E-state index in [1.165, 1.54) is 20.9 Å². The van der Waals surface area contributed by atoms with Crippen molar-refractivity contribution >= 4 is 23.8 Å². The number of fused-ring (bicyclic) bond motifs is 1. The Hall–Kier alpha value is -0.984. The SMILES string of the molecule is CC(=O)N(C)C(=O)NCC(C)(C)C1=C(C(=O)[O-])N2C(=O)[C@H]([C@@H](C)O)[C@H]2O1.[K+]. The molecule has 0 saturated carbocycles. The largest absolute Gasteiger partial charge is 1.00 e. The minimum absolute atomic E-state index is 0. The van der Waals surface area contributed by atoms with Crippen molar-refractivity contribution in [1.82, 2.24) is 15.1 Å². The molecule has 2 rings (SSSR count). The van der Waals surface area contributed by atoms with Crippen LogP contribution in [-0.2, 0) is 19.1 Å². The van der Waals surface area contributed by atoms with Crippen LogP contribution in [-0.4, -0.2) is 64.6 Å². The monoisotopic (exact) mass is 407 g/mol. The van der Waals surface area contributed by atoms with Crippen molar-refractivity contribution in [2.75, 3.05) is 13.6 Å². The standard InChI is InChI=1S/C16H23N3O7.K/c1-7(20)9-12(22)19-10(14(23)24)11(26-13(9)19)16(3,4)6-17-15(25)18(5)8(2)21;/h7,9,13,20H,6H2,1-5H3,(H,17,25)(H,23,24);/q;+1/p-1/t7-,9+,13-;/m1./s1. The Bertz CT molecular complexity index is 704. The summed E-state index contributed by atoms with van der Waals surface area (Å²) in [5.41, 5.74) is -1.42. The summed E-state index contributed by atoms with van der Waals surface area (Å²) >= 11 is 0. The van der Waals surface area contributed by atoms with Crippen molar-refractivity contribution < 1.29 is 85.5 Å². The predicted molar refractivity (Wildman–Crippen MR) is 84.5 cm³/mol. The number of aliphatic carboxylic acids is 1. The molecule has 2 aliphatic heterocycles. The van der Waals surface area contributed by atoms with E-state index >= 15 is 0 Å². The minimum Gasteiger partial charge on any atom is -0.543 e. The van der Waals surface area contributed by atoms with Crippen molar-refractivity contribution in [2.45, 2.75) is 40.0 Å². The fourth-order valence-corrected chi connectivity index (χ4v) is 2.89. The minimum atomic E-state index is -1.58. The number of carboxylic acids is 1. The molecule has 0 spiro atoms. The number of aliphatic hydroxyl groups is 1. The van der Waals surface area contributed by atoms with Crippen LogP contribution in [0.1, 0.15) is 27.7 Å². The number of β-lactam (4-membered cyclic amide) rings is 1. The first kappa shape index (κ1) is 24.1. The zero-order valence-corrected chi connectivity index (χ0v) is 19.4. The van der Waals surface area contributed by atoms with Gasteiger partial charge in [-0.1, -0.05) is 13.8 Å². The molecule has 0 aromatic rings. The first-order chi connectivity index (χ1) is 11.9. The van der Waals surface area contributed by atoms with Crippen LogP contribution >= 0.6 is 0 Å². The second-order valence-corrected chi connectivity index (χ2v) is 7.07. The second-order valence-electron chi connectivity index (χ2n) is 7.07. The molecule has 144 valence electrons. The van der Waals surface area contributed by atoms with E-state index in [0.717, 1.165) is 9.80 Å². The van der Waals surface area contributed by atoms with Gasteiger partial charge in [-0.25, -0.2) is 4.79 Å². The molecule has 10 nitrogen and oxygen atoms in total. The molecular formula is C16H22KN3O7. The van der Waals surface area contributed by atoms with Gasteiger partial charge in [-0.15, -0.1) is 0 Å². The summed E-state index contributed by atoms with van der Waals surface area (Å²) in [6.07, 6.45) is -1.92. The van der Waals surface area contributed by atoms with Gasteiger partial charge in [0.1, 0.15) is 17.4 Å². The number of amides is 4. The second kappa shape index (κ2) is 8.58. The Balaban J connectivity index is 0.00000364. The average Bonchev–Trinajstić information content (AvgIpc) is 2.87. The number of carbonyl (C=O) groups excluding carboxylic acids is 4. The first-order valence-electron chi connectivity index (χ1n) is 8.06. The van der Waals surface area contributed by atoms with Gasteiger partial charge in [0, 0.05) is 25.9 Å². The van der Waals surface area contributed by atoms with Crippen molar-refractivity contribution in [3.05, 3.63) is 11.5 Å². The summed E-state index contributed by atoms with van der Waals surface area (Å²) in [4.78, 5) is 48.7. The summed E-state index contributed by atoms with van der Waals surface area (Å²) in [6, 6.07) is -0.652. The molecule has 3 atom stereocenters. The number of carboxylic acid groups (broad SMARTS) is 1. The molecule has 0 aromatic carbocycles. The number of carbonyl (C=O) groups is 4. The fourth-order valence-electron chi connectivity index (χ4n) is 2.89. The third-order valence-corrected chi connectivity index (χ3v) is 4.57. The van der Waals surface area contributed by atoms with Gasteiger partial charge in [-0.05, 0) is 6.92 Å². The van der Waals surface area contributed by atoms with Crippen molar-refractivity contribution in [3.63, 3.8) is 0 Å². The van der Waals surface area contributed by atoms with E-state index in [2.05, 4.69) is 5.32 Å². The Kier molecular flexibility index (Phi) is 7.64. The molecular weight excluding hydrogens is 385 g/mol. The van der Waals surface area contributed by atoms with Gasteiger partial charge in [-0.3, -0.25) is 19.4 Å². The molecule has 0 unspecified atom stereocenters. The molecule has 4 amide bonds. The number of urea groups is 1. The Morgan fingerprint density at radius 1 is 1.41 bits per heavy atom. The number of nitrogens with zero attached hydrogens (tertiary/aromatic N) is 2. The van der Waals surface area contributed by atoms with Crippen molar-refractivity contribution in [2.24, 2.45) is 11.3 Å². The van der Waals surface area contributed by atoms with Gasteiger partial charge >= 0.3 is 57.4 Å². The first-order valence-corrected chi connectivity index (χ1v) is 8.06. The average molecular weight is 407 g/mol. The fraction of sp³-hybridized carbons (Fsp3) is 0.625. The molecule has 0 radical (unpaired) electrons. The number of ether oxygens (including phenoxy) is 1. The maximum Gasteiger partial charge on any atom is 1.00 e. The predicted octanol–water partition coefficient (Wildman–Crippen LogP) is -4.64. The Morgan fingerprint density at radius 3 is 2.41 bits per heavy atom. The topological polar surface area (TPSA) is 139 Å². The van der Waals surface area contributed by atoms with E-state index < -0.39 is 53.2 Å². The number of hydrogen-bond acceptors (Lipinski definition) is 7.